The van der Waals surface area contributed by atoms with Crippen molar-refractivity contribution in [2.75, 3.05) is 11.9 Å². The van der Waals surface area contributed by atoms with Crippen LogP contribution in [0.3, 0.4) is 0 Å². The first-order chi connectivity index (χ1) is 9.50. The van der Waals surface area contributed by atoms with Gasteiger partial charge in [0.15, 0.2) is 0 Å². The summed E-state index contributed by atoms with van der Waals surface area (Å²) in [5, 5.41) is 10.3. The molecule has 0 aliphatic heterocycles. The topological polar surface area (TPSA) is 40.5 Å². The molecule has 0 spiro atoms. The molecule has 0 aliphatic carbocycles. The first-order valence-electron chi connectivity index (χ1n) is 5.97. The van der Waals surface area contributed by atoms with Crippen LogP contribution in [0.1, 0.15) is 15.9 Å². The highest BCUT2D eigenvalue weighted by molar-refractivity contribution is 6.34. The SMILES string of the molecule is CN(Cc1ccccc1Cl)c1c(Cl)cccc1C(=O)O. The molecule has 3 nitrogen and oxygen atoms in total. The van der Waals surface area contributed by atoms with Crippen LogP contribution in [0.4, 0.5) is 5.69 Å². The minimum Gasteiger partial charge on any atom is -0.478 e. The molecule has 2 rings (SSSR count). The van der Waals surface area contributed by atoms with E-state index in [1.807, 2.05) is 18.2 Å². The van der Waals surface area contributed by atoms with Gasteiger partial charge < -0.3 is 10.0 Å². The van der Waals surface area contributed by atoms with Gasteiger partial charge >= 0.3 is 5.97 Å². The number of nitrogens with zero attached hydrogens (tertiary/aromatic N) is 1. The zero-order valence-electron chi connectivity index (χ0n) is 10.8. The van der Waals surface area contributed by atoms with Gasteiger partial charge in [-0.1, -0.05) is 47.5 Å². The molecule has 0 fully saturated rings. The van der Waals surface area contributed by atoms with Crippen LogP contribution in [-0.4, -0.2) is 18.1 Å². The van der Waals surface area contributed by atoms with Gasteiger partial charge in [0.05, 0.1) is 16.3 Å². The van der Waals surface area contributed by atoms with Crippen molar-refractivity contribution < 1.29 is 9.90 Å². The van der Waals surface area contributed by atoms with Crippen molar-refractivity contribution in [3.63, 3.8) is 0 Å². The number of hydrogen-bond acceptors (Lipinski definition) is 2. The molecule has 104 valence electrons. The highest BCUT2D eigenvalue weighted by atomic mass is 35.5. The smallest absolute Gasteiger partial charge is 0.337 e. The summed E-state index contributed by atoms with van der Waals surface area (Å²) in [4.78, 5) is 13.1. The monoisotopic (exact) mass is 309 g/mol. The number of halogens is 2. The summed E-state index contributed by atoms with van der Waals surface area (Å²) in [6.45, 7) is 0.476. The zero-order chi connectivity index (χ0) is 14.7. The fourth-order valence-corrected chi connectivity index (χ4v) is 2.55. The lowest BCUT2D eigenvalue weighted by Gasteiger charge is -2.23. The average Bonchev–Trinajstić information content (AvgIpc) is 2.40. The normalized spacial score (nSPS) is 10.3. The van der Waals surface area contributed by atoms with E-state index in [2.05, 4.69) is 0 Å². The van der Waals surface area contributed by atoms with Crippen LogP contribution in [0.25, 0.3) is 0 Å². The molecule has 2 aromatic rings. The molecule has 0 amide bonds. The molecule has 0 aromatic heterocycles. The number of anilines is 1. The summed E-state index contributed by atoms with van der Waals surface area (Å²) in [6, 6.07) is 12.3. The summed E-state index contributed by atoms with van der Waals surface area (Å²) in [5.74, 6) is -1.01. The second kappa shape index (κ2) is 6.16. The van der Waals surface area contributed by atoms with E-state index >= 15 is 0 Å². The number of rotatable bonds is 4. The average molecular weight is 310 g/mol. The van der Waals surface area contributed by atoms with Gasteiger partial charge in [0.2, 0.25) is 0 Å². The van der Waals surface area contributed by atoms with Crippen molar-refractivity contribution in [3.8, 4) is 0 Å². The third-order valence-corrected chi connectivity index (χ3v) is 3.64. The number of carboxylic acid groups (broad SMARTS) is 1. The van der Waals surface area contributed by atoms with E-state index in [1.54, 1.807) is 30.1 Å². The van der Waals surface area contributed by atoms with Gasteiger partial charge in [-0.05, 0) is 23.8 Å². The van der Waals surface area contributed by atoms with Crippen molar-refractivity contribution in [2.24, 2.45) is 0 Å². The lowest BCUT2D eigenvalue weighted by atomic mass is 10.1. The Hall–Kier alpha value is -1.71. The fourth-order valence-electron chi connectivity index (χ4n) is 2.04. The number of carbonyl (C=O) groups is 1. The standard InChI is InChI=1S/C15H13Cl2NO2/c1-18(9-10-5-2-3-7-12(10)16)14-11(15(19)20)6-4-8-13(14)17/h2-8H,9H2,1H3,(H,19,20). The number of para-hydroxylation sites is 1. The second-order valence-corrected chi connectivity index (χ2v) is 5.20. The zero-order valence-corrected chi connectivity index (χ0v) is 12.3. The molecule has 0 saturated carbocycles. The molecule has 2 aromatic carbocycles. The third kappa shape index (κ3) is 3.06. The Morgan fingerprint density at radius 1 is 1.10 bits per heavy atom. The van der Waals surface area contributed by atoms with E-state index in [0.717, 1.165) is 5.56 Å². The molecule has 0 aliphatic rings. The molecule has 0 saturated heterocycles. The van der Waals surface area contributed by atoms with Gasteiger partial charge in [-0.2, -0.15) is 0 Å². The molecule has 20 heavy (non-hydrogen) atoms. The van der Waals surface area contributed by atoms with Crippen molar-refractivity contribution in [3.05, 3.63) is 63.6 Å². The molecular weight excluding hydrogens is 297 g/mol. The predicted molar refractivity (Wildman–Crippen MR) is 82.0 cm³/mol. The first-order valence-corrected chi connectivity index (χ1v) is 6.72. The highest BCUT2D eigenvalue weighted by Crippen LogP contribution is 2.31. The molecular formula is C15H13Cl2NO2. The van der Waals surface area contributed by atoms with E-state index in [9.17, 15) is 9.90 Å². The predicted octanol–water partition coefficient (Wildman–Crippen LogP) is 4.33. The van der Waals surface area contributed by atoms with Crippen LogP contribution in [0.15, 0.2) is 42.5 Å². The van der Waals surface area contributed by atoms with Crippen molar-refractivity contribution in [1.82, 2.24) is 0 Å². The summed E-state index contributed by atoms with van der Waals surface area (Å²) in [5.41, 5.74) is 1.57. The van der Waals surface area contributed by atoms with Crippen LogP contribution < -0.4 is 4.90 Å². The molecule has 0 unspecified atom stereocenters. The Morgan fingerprint density at radius 3 is 2.40 bits per heavy atom. The minimum absolute atomic E-state index is 0.173. The summed E-state index contributed by atoms with van der Waals surface area (Å²) in [6.07, 6.45) is 0. The largest absolute Gasteiger partial charge is 0.478 e. The van der Waals surface area contributed by atoms with Gasteiger partial charge in [0.1, 0.15) is 0 Å². The lowest BCUT2D eigenvalue weighted by molar-refractivity contribution is 0.0697. The van der Waals surface area contributed by atoms with Crippen molar-refractivity contribution in [1.29, 1.82) is 0 Å². The van der Waals surface area contributed by atoms with Crippen molar-refractivity contribution in [2.45, 2.75) is 6.54 Å². The third-order valence-electron chi connectivity index (χ3n) is 2.96. The molecule has 0 radical (unpaired) electrons. The van der Waals surface area contributed by atoms with Crippen LogP contribution >= 0.6 is 23.2 Å². The number of aromatic carboxylic acids is 1. The Morgan fingerprint density at radius 2 is 1.75 bits per heavy atom. The van der Waals surface area contributed by atoms with Gasteiger partial charge in [0.25, 0.3) is 0 Å². The van der Waals surface area contributed by atoms with Gasteiger partial charge in [0, 0.05) is 18.6 Å². The van der Waals surface area contributed by atoms with Crippen LogP contribution in [0.2, 0.25) is 10.0 Å². The van der Waals surface area contributed by atoms with E-state index in [0.29, 0.717) is 22.3 Å². The minimum atomic E-state index is -1.01. The Balaban J connectivity index is 2.37. The summed E-state index contributed by atoms with van der Waals surface area (Å²) in [7, 11) is 1.79. The second-order valence-electron chi connectivity index (χ2n) is 4.39. The quantitative estimate of drug-likeness (QED) is 0.914. The Bertz CT molecular complexity index is 644. The van der Waals surface area contributed by atoms with Gasteiger partial charge in [-0.3, -0.25) is 0 Å². The van der Waals surface area contributed by atoms with Crippen LogP contribution in [0.5, 0.6) is 0 Å². The van der Waals surface area contributed by atoms with Crippen molar-refractivity contribution >= 4 is 34.9 Å². The van der Waals surface area contributed by atoms with Crippen LogP contribution in [0, 0.1) is 0 Å². The first kappa shape index (κ1) is 14.7. The van der Waals surface area contributed by atoms with Crippen LogP contribution in [-0.2, 0) is 6.54 Å². The van der Waals surface area contributed by atoms with Gasteiger partial charge in [-0.25, -0.2) is 4.79 Å². The molecule has 0 atom stereocenters. The maximum atomic E-state index is 11.3. The fraction of sp³-hybridized carbons (Fsp3) is 0.133. The van der Waals surface area contributed by atoms with E-state index in [-0.39, 0.29) is 5.56 Å². The van der Waals surface area contributed by atoms with Gasteiger partial charge in [-0.15, -0.1) is 0 Å². The van der Waals surface area contributed by atoms with E-state index in [1.165, 1.54) is 6.07 Å². The summed E-state index contributed by atoms with van der Waals surface area (Å²) < 4.78 is 0. The Kier molecular flexibility index (Phi) is 4.53. The number of benzene rings is 2. The maximum Gasteiger partial charge on any atom is 0.337 e. The lowest BCUT2D eigenvalue weighted by Crippen LogP contribution is -2.20. The molecule has 0 bridgehead atoms. The molecule has 0 heterocycles. The van der Waals surface area contributed by atoms with E-state index < -0.39 is 5.97 Å². The highest BCUT2D eigenvalue weighted by Gasteiger charge is 2.17. The molecule has 1 N–H and O–H groups in total. The molecule has 5 heteroatoms. The van der Waals surface area contributed by atoms with E-state index in [4.69, 9.17) is 23.2 Å². The summed E-state index contributed by atoms with van der Waals surface area (Å²) >= 11 is 12.3. The number of hydrogen-bond donors (Lipinski definition) is 1. The Labute approximate surface area is 127 Å². The maximum absolute atomic E-state index is 11.3. The number of carboxylic acids is 1.